The summed E-state index contributed by atoms with van der Waals surface area (Å²) in [7, 11) is 0. The van der Waals surface area contributed by atoms with Gasteiger partial charge in [-0.15, -0.1) is 0 Å². The zero-order valence-corrected chi connectivity index (χ0v) is 18.2. The standard InChI is InChI=1S/C22H21Cl2FN4O2/c23-18-3-1-2-4-21(18)31-15-29-8-7-20(26-29)22(30)28-11-9-27(10-12-28)14-16-5-6-17(25)13-19(16)24/h1-8,13H,9-12,14-15H2. The van der Waals surface area contributed by atoms with E-state index in [4.69, 9.17) is 27.9 Å². The van der Waals surface area contributed by atoms with Crippen molar-refractivity contribution < 1.29 is 13.9 Å². The normalized spacial score (nSPS) is 14.6. The van der Waals surface area contributed by atoms with Crippen LogP contribution in [0.5, 0.6) is 5.75 Å². The predicted octanol–water partition coefficient (Wildman–Crippen LogP) is 4.32. The van der Waals surface area contributed by atoms with Crippen LogP contribution in [0.15, 0.2) is 54.7 Å². The number of aromatic nitrogens is 2. The summed E-state index contributed by atoms with van der Waals surface area (Å²) in [6.45, 7) is 3.35. The summed E-state index contributed by atoms with van der Waals surface area (Å²) in [6, 6.07) is 13.3. The highest BCUT2D eigenvalue weighted by Gasteiger charge is 2.24. The van der Waals surface area contributed by atoms with Gasteiger partial charge < -0.3 is 9.64 Å². The number of para-hydroxylation sites is 1. The second kappa shape index (κ2) is 9.68. The van der Waals surface area contributed by atoms with Gasteiger partial charge in [-0.3, -0.25) is 9.69 Å². The van der Waals surface area contributed by atoms with E-state index in [0.29, 0.717) is 54.2 Å². The number of rotatable bonds is 6. The molecular weight excluding hydrogens is 442 g/mol. The van der Waals surface area contributed by atoms with E-state index in [-0.39, 0.29) is 18.5 Å². The maximum absolute atomic E-state index is 13.2. The molecule has 0 saturated carbocycles. The molecule has 6 nitrogen and oxygen atoms in total. The molecule has 1 aromatic heterocycles. The minimum Gasteiger partial charge on any atom is -0.470 e. The fourth-order valence-corrected chi connectivity index (χ4v) is 3.82. The lowest BCUT2D eigenvalue weighted by Gasteiger charge is -2.34. The molecule has 9 heteroatoms. The van der Waals surface area contributed by atoms with Gasteiger partial charge in [-0.25, -0.2) is 9.07 Å². The first-order valence-corrected chi connectivity index (χ1v) is 10.6. The minimum atomic E-state index is -0.346. The van der Waals surface area contributed by atoms with Gasteiger partial charge in [0.1, 0.15) is 11.6 Å². The molecule has 3 aromatic rings. The van der Waals surface area contributed by atoms with Crippen LogP contribution < -0.4 is 4.74 Å². The molecule has 0 N–H and O–H groups in total. The van der Waals surface area contributed by atoms with Crippen molar-refractivity contribution >= 4 is 29.1 Å². The van der Waals surface area contributed by atoms with Crippen molar-refractivity contribution in [1.29, 1.82) is 0 Å². The fraction of sp³-hybridized carbons (Fsp3) is 0.273. The summed E-state index contributed by atoms with van der Waals surface area (Å²) in [5.74, 6) is 0.0988. The Morgan fingerprint density at radius 2 is 1.81 bits per heavy atom. The topological polar surface area (TPSA) is 50.6 Å². The third-order valence-electron chi connectivity index (χ3n) is 5.12. The maximum Gasteiger partial charge on any atom is 0.274 e. The second-order valence-corrected chi connectivity index (χ2v) is 8.06. The molecular formula is C22H21Cl2FN4O2. The van der Waals surface area contributed by atoms with Crippen LogP contribution in [-0.2, 0) is 13.3 Å². The number of carbonyl (C=O) groups is 1. The third-order valence-corrected chi connectivity index (χ3v) is 5.78. The van der Waals surface area contributed by atoms with Crippen molar-refractivity contribution in [1.82, 2.24) is 19.6 Å². The van der Waals surface area contributed by atoms with Gasteiger partial charge in [-0.05, 0) is 35.9 Å². The Morgan fingerprint density at radius 1 is 1.03 bits per heavy atom. The Balaban J connectivity index is 1.29. The van der Waals surface area contributed by atoms with Crippen molar-refractivity contribution in [2.75, 3.05) is 26.2 Å². The van der Waals surface area contributed by atoms with Gasteiger partial charge >= 0.3 is 0 Å². The lowest BCUT2D eigenvalue weighted by atomic mass is 10.2. The van der Waals surface area contributed by atoms with Gasteiger partial charge in [0, 0.05) is 43.9 Å². The van der Waals surface area contributed by atoms with Gasteiger partial charge in [-0.1, -0.05) is 41.4 Å². The number of hydrogen-bond acceptors (Lipinski definition) is 4. The van der Waals surface area contributed by atoms with Gasteiger partial charge in [0.15, 0.2) is 12.4 Å². The fourth-order valence-electron chi connectivity index (χ4n) is 3.41. The van der Waals surface area contributed by atoms with E-state index in [0.717, 1.165) is 5.56 Å². The number of piperazine rings is 1. The quantitative estimate of drug-likeness (QED) is 0.547. The summed E-state index contributed by atoms with van der Waals surface area (Å²) < 4.78 is 20.4. The number of benzene rings is 2. The van der Waals surface area contributed by atoms with E-state index in [9.17, 15) is 9.18 Å². The van der Waals surface area contributed by atoms with Crippen LogP contribution in [0.3, 0.4) is 0 Å². The summed E-state index contributed by atoms with van der Waals surface area (Å²) >= 11 is 12.2. The van der Waals surface area contributed by atoms with Gasteiger partial charge in [0.25, 0.3) is 5.91 Å². The first kappa shape index (κ1) is 21.6. The average molecular weight is 463 g/mol. The van der Waals surface area contributed by atoms with E-state index < -0.39 is 0 Å². The number of ether oxygens (including phenoxy) is 1. The Labute approximate surface area is 189 Å². The number of halogens is 3. The lowest BCUT2D eigenvalue weighted by Crippen LogP contribution is -2.48. The third kappa shape index (κ3) is 5.36. The van der Waals surface area contributed by atoms with E-state index >= 15 is 0 Å². The molecule has 1 aliphatic heterocycles. The van der Waals surface area contributed by atoms with Crippen LogP contribution >= 0.6 is 23.2 Å². The monoisotopic (exact) mass is 462 g/mol. The van der Waals surface area contributed by atoms with Crippen LogP contribution in [-0.4, -0.2) is 51.7 Å². The highest BCUT2D eigenvalue weighted by molar-refractivity contribution is 6.32. The molecule has 162 valence electrons. The summed E-state index contributed by atoms with van der Waals surface area (Å²) in [6.07, 6.45) is 1.71. The van der Waals surface area contributed by atoms with E-state index in [1.807, 2.05) is 12.1 Å². The molecule has 31 heavy (non-hydrogen) atoms. The van der Waals surface area contributed by atoms with Crippen molar-refractivity contribution in [2.24, 2.45) is 0 Å². The highest BCUT2D eigenvalue weighted by Crippen LogP contribution is 2.23. The predicted molar refractivity (Wildman–Crippen MR) is 117 cm³/mol. The first-order valence-electron chi connectivity index (χ1n) is 9.86. The zero-order chi connectivity index (χ0) is 21.8. The molecule has 0 spiro atoms. The zero-order valence-electron chi connectivity index (χ0n) is 16.7. The average Bonchev–Trinajstić information content (AvgIpc) is 3.24. The van der Waals surface area contributed by atoms with E-state index in [1.165, 1.54) is 12.1 Å². The van der Waals surface area contributed by atoms with E-state index in [1.54, 1.807) is 40.0 Å². The molecule has 4 rings (SSSR count). The lowest BCUT2D eigenvalue weighted by molar-refractivity contribution is 0.0621. The molecule has 1 amide bonds. The first-order chi connectivity index (χ1) is 15.0. The maximum atomic E-state index is 13.2. The molecule has 0 aliphatic carbocycles. The largest absolute Gasteiger partial charge is 0.470 e. The van der Waals surface area contributed by atoms with Crippen LogP contribution in [0.2, 0.25) is 10.0 Å². The molecule has 0 unspecified atom stereocenters. The Hall–Kier alpha value is -2.61. The van der Waals surface area contributed by atoms with Crippen molar-refractivity contribution in [3.8, 4) is 5.75 Å². The van der Waals surface area contributed by atoms with Crippen molar-refractivity contribution in [3.05, 3.63) is 81.8 Å². The number of amides is 1. The number of nitrogens with zero attached hydrogens (tertiary/aromatic N) is 4. The molecule has 2 aromatic carbocycles. The molecule has 1 aliphatic rings. The Kier molecular flexibility index (Phi) is 6.75. The van der Waals surface area contributed by atoms with Gasteiger partial charge in [0.2, 0.25) is 0 Å². The van der Waals surface area contributed by atoms with Crippen LogP contribution in [0, 0.1) is 5.82 Å². The second-order valence-electron chi connectivity index (χ2n) is 7.25. The van der Waals surface area contributed by atoms with Crippen molar-refractivity contribution in [3.63, 3.8) is 0 Å². The van der Waals surface area contributed by atoms with Crippen LogP contribution in [0.4, 0.5) is 4.39 Å². The highest BCUT2D eigenvalue weighted by atomic mass is 35.5. The van der Waals surface area contributed by atoms with Crippen molar-refractivity contribution in [2.45, 2.75) is 13.3 Å². The molecule has 0 atom stereocenters. The minimum absolute atomic E-state index is 0.115. The number of hydrogen-bond donors (Lipinski definition) is 0. The van der Waals surface area contributed by atoms with Gasteiger partial charge in [-0.2, -0.15) is 5.10 Å². The molecule has 0 radical (unpaired) electrons. The summed E-state index contributed by atoms with van der Waals surface area (Å²) in [5, 5.41) is 5.27. The molecule has 1 saturated heterocycles. The van der Waals surface area contributed by atoms with Crippen LogP contribution in [0.1, 0.15) is 16.1 Å². The SMILES string of the molecule is O=C(c1ccn(COc2ccccc2Cl)n1)N1CCN(Cc2ccc(F)cc2Cl)CC1. The van der Waals surface area contributed by atoms with E-state index in [2.05, 4.69) is 10.00 Å². The smallest absolute Gasteiger partial charge is 0.274 e. The van der Waals surface area contributed by atoms with Crippen LogP contribution in [0.25, 0.3) is 0 Å². The number of carbonyl (C=O) groups excluding carboxylic acids is 1. The Morgan fingerprint density at radius 3 is 2.55 bits per heavy atom. The molecule has 2 heterocycles. The summed E-state index contributed by atoms with van der Waals surface area (Å²) in [5.41, 5.74) is 1.25. The molecule has 1 fully saturated rings. The van der Waals surface area contributed by atoms with Gasteiger partial charge in [0.05, 0.1) is 5.02 Å². The summed E-state index contributed by atoms with van der Waals surface area (Å²) in [4.78, 5) is 16.8. The Bertz CT molecular complexity index is 1070. The molecule has 0 bridgehead atoms.